The number of hydrogen-bond acceptors (Lipinski definition) is 4. The fourth-order valence-corrected chi connectivity index (χ4v) is 2.00. The Bertz CT molecular complexity index is 431. The topological polar surface area (TPSA) is 36.9 Å². The molecule has 0 heterocycles. The average Bonchev–Trinajstić information content (AvgIpc) is 2.54. The van der Waals surface area contributed by atoms with E-state index in [0.29, 0.717) is 50.1 Å². The molecule has 0 fully saturated rings. The quantitative estimate of drug-likeness (QED) is 0.467. The first-order chi connectivity index (χ1) is 12.2. The molecule has 1 rings (SSSR count). The van der Waals surface area contributed by atoms with Gasteiger partial charge in [-0.15, -0.1) is 0 Å². The molecule has 150 valence electrons. The zero-order chi connectivity index (χ0) is 19.7. The molecule has 26 heavy (non-hydrogen) atoms. The van der Waals surface area contributed by atoms with Crippen molar-refractivity contribution in [2.24, 2.45) is 23.7 Å². The van der Waals surface area contributed by atoms with Gasteiger partial charge in [0, 0.05) is 12.1 Å². The lowest BCUT2D eigenvalue weighted by atomic mass is 10.2. The van der Waals surface area contributed by atoms with Gasteiger partial charge in [0.05, 0.1) is 26.4 Å². The lowest BCUT2D eigenvalue weighted by Crippen LogP contribution is -2.12. The van der Waals surface area contributed by atoms with Crippen LogP contribution in [0.5, 0.6) is 23.0 Å². The van der Waals surface area contributed by atoms with Crippen LogP contribution < -0.4 is 18.9 Å². The summed E-state index contributed by atoms with van der Waals surface area (Å²) < 4.78 is 24.0. The van der Waals surface area contributed by atoms with E-state index < -0.39 is 0 Å². The van der Waals surface area contributed by atoms with Gasteiger partial charge in [0.2, 0.25) is 0 Å². The van der Waals surface area contributed by atoms with E-state index in [-0.39, 0.29) is 0 Å². The Labute approximate surface area is 160 Å². The van der Waals surface area contributed by atoms with E-state index >= 15 is 0 Å². The highest BCUT2D eigenvalue weighted by Gasteiger charge is 2.17. The largest absolute Gasteiger partial charge is 0.489 e. The minimum Gasteiger partial charge on any atom is -0.489 e. The summed E-state index contributed by atoms with van der Waals surface area (Å²) in [6.07, 6.45) is 0. The highest BCUT2D eigenvalue weighted by molar-refractivity contribution is 5.54. The van der Waals surface area contributed by atoms with E-state index in [0.717, 1.165) is 23.0 Å². The molecular weight excluding hydrogens is 328 g/mol. The van der Waals surface area contributed by atoms with Crippen molar-refractivity contribution in [3.63, 3.8) is 0 Å². The predicted molar refractivity (Wildman–Crippen MR) is 108 cm³/mol. The number of hydrogen-bond donors (Lipinski definition) is 0. The molecule has 1 aromatic carbocycles. The van der Waals surface area contributed by atoms with Crippen LogP contribution in [0.15, 0.2) is 12.1 Å². The minimum atomic E-state index is 0.435. The number of rotatable bonds is 12. The molecule has 0 aliphatic rings. The molecule has 0 aliphatic carbocycles. The first-order valence-electron chi connectivity index (χ1n) is 9.88. The van der Waals surface area contributed by atoms with Gasteiger partial charge in [-0.25, -0.2) is 0 Å². The van der Waals surface area contributed by atoms with Gasteiger partial charge in [-0.3, -0.25) is 0 Å². The van der Waals surface area contributed by atoms with Crippen LogP contribution in [-0.2, 0) is 0 Å². The van der Waals surface area contributed by atoms with E-state index in [4.69, 9.17) is 18.9 Å². The lowest BCUT2D eigenvalue weighted by Gasteiger charge is -2.20. The summed E-state index contributed by atoms with van der Waals surface area (Å²) in [5, 5.41) is 0. The monoisotopic (exact) mass is 366 g/mol. The van der Waals surface area contributed by atoms with Gasteiger partial charge < -0.3 is 18.9 Å². The summed E-state index contributed by atoms with van der Waals surface area (Å²) in [4.78, 5) is 0. The van der Waals surface area contributed by atoms with E-state index in [1.807, 2.05) is 12.1 Å². The van der Waals surface area contributed by atoms with Crippen LogP contribution in [0.25, 0.3) is 0 Å². The van der Waals surface area contributed by atoms with Gasteiger partial charge in [-0.05, 0) is 23.7 Å². The summed E-state index contributed by atoms with van der Waals surface area (Å²) >= 11 is 0. The molecule has 0 saturated carbocycles. The molecule has 1 aromatic rings. The fourth-order valence-electron chi connectivity index (χ4n) is 2.00. The van der Waals surface area contributed by atoms with E-state index in [1.165, 1.54) is 0 Å². The molecule has 0 atom stereocenters. The van der Waals surface area contributed by atoms with Gasteiger partial charge in [0.1, 0.15) is 0 Å². The second-order valence-electron chi connectivity index (χ2n) is 8.57. The Hall–Kier alpha value is -1.58. The van der Waals surface area contributed by atoms with E-state index in [2.05, 4.69) is 55.4 Å². The molecule has 0 aliphatic heterocycles. The summed E-state index contributed by atoms with van der Waals surface area (Å²) in [6, 6.07) is 3.83. The fraction of sp³-hybridized carbons (Fsp3) is 0.727. The molecule has 0 bridgehead atoms. The van der Waals surface area contributed by atoms with Crippen molar-refractivity contribution in [1.29, 1.82) is 0 Å². The van der Waals surface area contributed by atoms with Crippen LogP contribution in [0.3, 0.4) is 0 Å². The molecule has 4 nitrogen and oxygen atoms in total. The molecule has 0 aromatic heterocycles. The Balaban J connectivity index is 3.14. The van der Waals surface area contributed by atoms with Gasteiger partial charge in [-0.2, -0.15) is 0 Å². The third-order valence-electron chi connectivity index (χ3n) is 3.30. The summed E-state index contributed by atoms with van der Waals surface area (Å²) in [5.74, 6) is 4.61. The molecule has 0 radical (unpaired) electrons. The van der Waals surface area contributed by atoms with Crippen molar-refractivity contribution >= 4 is 0 Å². The van der Waals surface area contributed by atoms with Crippen LogP contribution >= 0.6 is 0 Å². The highest BCUT2D eigenvalue weighted by atomic mass is 16.5. The van der Waals surface area contributed by atoms with E-state index in [9.17, 15) is 0 Å². The predicted octanol–water partition coefficient (Wildman–Crippen LogP) is 5.83. The Morgan fingerprint density at radius 2 is 0.654 bits per heavy atom. The SMILES string of the molecule is CC(C)COc1cc(OCC(C)C)c(OCC(C)C)cc1OCC(C)C. The maximum absolute atomic E-state index is 6.00. The van der Waals surface area contributed by atoms with Crippen molar-refractivity contribution in [1.82, 2.24) is 0 Å². The van der Waals surface area contributed by atoms with Gasteiger partial charge >= 0.3 is 0 Å². The third kappa shape index (κ3) is 8.68. The minimum absolute atomic E-state index is 0.435. The Kier molecular flexibility index (Phi) is 9.68. The molecule has 0 spiro atoms. The van der Waals surface area contributed by atoms with Crippen molar-refractivity contribution in [3.8, 4) is 23.0 Å². The normalized spacial score (nSPS) is 11.5. The van der Waals surface area contributed by atoms with Crippen molar-refractivity contribution in [2.45, 2.75) is 55.4 Å². The van der Waals surface area contributed by atoms with Crippen LogP contribution in [0.4, 0.5) is 0 Å². The van der Waals surface area contributed by atoms with Crippen LogP contribution in [-0.4, -0.2) is 26.4 Å². The smallest absolute Gasteiger partial charge is 0.165 e. The Morgan fingerprint density at radius 3 is 0.808 bits per heavy atom. The summed E-state index contributed by atoms with van der Waals surface area (Å²) in [7, 11) is 0. The Morgan fingerprint density at radius 1 is 0.462 bits per heavy atom. The van der Waals surface area contributed by atoms with Crippen molar-refractivity contribution in [2.75, 3.05) is 26.4 Å². The van der Waals surface area contributed by atoms with Crippen LogP contribution in [0.2, 0.25) is 0 Å². The molecular formula is C22H38O4. The molecule has 4 heteroatoms. The first-order valence-corrected chi connectivity index (χ1v) is 9.88. The first kappa shape index (κ1) is 22.5. The maximum atomic E-state index is 6.00. The van der Waals surface area contributed by atoms with Crippen molar-refractivity contribution in [3.05, 3.63) is 12.1 Å². The van der Waals surface area contributed by atoms with E-state index in [1.54, 1.807) is 0 Å². The lowest BCUT2D eigenvalue weighted by molar-refractivity contribution is 0.211. The maximum Gasteiger partial charge on any atom is 0.165 e. The zero-order valence-electron chi connectivity index (χ0n) is 17.9. The van der Waals surface area contributed by atoms with Gasteiger partial charge in [0.15, 0.2) is 23.0 Å². The summed E-state index contributed by atoms with van der Waals surface area (Å²) in [6.45, 7) is 19.6. The second kappa shape index (κ2) is 11.2. The second-order valence-corrected chi connectivity index (χ2v) is 8.57. The molecule has 0 saturated heterocycles. The summed E-state index contributed by atoms with van der Waals surface area (Å²) in [5.41, 5.74) is 0. The molecule has 0 amide bonds. The molecule has 0 unspecified atom stereocenters. The highest BCUT2D eigenvalue weighted by Crippen LogP contribution is 2.40. The number of ether oxygens (including phenoxy) is 4. The number of benzene rings is 1. The standard InChI is InChI=1S/C22H38O4/c1-15(2)11-23-19-9-21(25-13-17(5)6)22(26-14-18(7)8)10-20(19)24-12-16(3)4/h9-10,15-18H,11-14H2,1-8H3. The zero-order valence-corrected chi connectivity index (χ0v) is 17.9. The van der Waals surface area contributed by atoms with Crippen molar-refractivity contribution < 1.29 is 18.9 Å². The third-order valence-corrected chi connectivity index (χ3v) is 3.30. The average molecular weight is 367 g/mol. The van der Waals surface area contributed by atoms with Crippen LogP contribution in [0.1, 0.15) is 55.4 Å². The van der Waals surface area contributed by atoms with Crippen LogP contribution in [0, 0.1) is 23.7 Å². The van der Waals surface area contributed by atoms with Gasteiger partial charge in [-0.1, -0.05) is 55.4 Å². The molecule has 0 N–H and O–H groups in total. The van der Waals surface area contributed by atoms with Gasteiger partial charge in [0.25, 0.3) is 0 Å².